The van der Waals surface area contributed by atoms with Crippen LogP contribution in [0.3, 0.4) is 0 Å². The molecule has 1 unspecified atom stereocenters. The number of hydrogen-bond acceptors (Lipinski definition) is 1. The Morgan fingerprint density at radius 1 is 0.788 bits per heavy atom. The van der Waals surface area contributed by atoms with Gasteiger partial charge in [0, 0.05) is 27.1 Å². The standard InChI is InChI=1S/C30H37ClOSi/c1-29(2,3)24-17-19(31)18-25(27(24)32-6)30(4,5)23-16-12-15-21-20-13-10-11-14-22(20)28(26(21)23)33(7,8)9/h10-18,28H,1-9H3. The highest BCUT2D eigenvalue weighted by Crippen LogP contribution is 2.54. The second-order valence-electron chi connectivity index (χ2n) is 12.1. The van der Waals surface area contributed by atoms with Crippen LogP contribution in [0.15, 0.2) is 54.6 Å². The van der Waals surface area contributed by atoms with Crippen LogP contribution in [0.25, 0.3) is 11.1 Å². The molecule has 3 aromatic carbocycles. The first-order valence-corrected chi connectivity index (χ1v) is 15.8. The molecule has 0 aliphatic heterocycles. The summed E-state index contributed by atoms with van der Waals surface area (Å²) < 4.78 is 6.09. The zero-order valence-corrected chi connectivity index (χ0v) is 23.3. The first-order valence-electron chi connectivity index (χ1n) is 11.9. The fraction of sp³-hybridized carbons (Fsp3) is 0.400. The molecule has 33 heavy (non-hydrogen) atoms. The third-order valence-corrected chi connectivity index (χ3v) is 9.79. The summed E-state index contributed by atoms with van der Waals surface area (Å²) in [5.74, 6) is 0.953. The minimum absolute atomic E-state index is 0.0726. The van der Waals surface area contributed by atoms with E-state index < -0.39 is 8.07 Å². The third kappa shape index (κ3) is 3.96. The number of halogens is 1. The van der Waals surface area contributed by atoms with E-state index >= 15 is 0 Å². The highest BCUT2D eigenvalue weighted by Gasteiger charge is 2.42. The largest absolute Gasteiger partial charge is 0.496 e. The van der Waals surface area contributed by atoms with Crippen molar-refractivity contribution in [3.8, 4) is 16.9 Å². The van der Waals surface area contributed by atoms with Gasteiger partial charge in [-0.25, -0.2) is 0 Å². The summed E-state index contributed by atoms with van der Waals surface area (Å²) in [6.07, 6.45) is 0. The second-order valence-corrected chi connectivity index (χ2v) is 17.8. The van der Waals surface area contributed by atoms with E-state index in [2.05, 4.69) is 109 Å². The summed E-state index contributed by atoms with van der Waals surface area (Å²) in [5.41, 5.74) is 9.57. The smallest absolute Gasteiger partial charge is 0.126 e. The Bertz CT molecular complexity index is 1210. The van der Waals surface area contributed by atoms with Crippen LogP contribution < -0.4 is 4.74 Å². The predicted molar refractivity (Wildman–Crippen MR) is 146 cm³/mol. The lowest BCUT2D eigenvalue weighted by Crippen LogP contribution is -2.33. The molecule has 0 fully saturated rings. The molecule has 0 N–H and O–H groups in total. The zero-order chi connectivity index (χ0) is 24.3. The second kappa shape index (κ2) is 8.03. The van der Waals surface area contributed by atoms with E-state index in [9.17, 15) is 0 Å². The van der Waals surface area contributed by atoms with Crippen molar-refractivity contribution in [1.82, 2.24) is 0 Å². The number of fused-ring (bicyclic) bond motifs is 3. The van der Waals surface area contributed by atoms with Gasteiger partial charge in [-0.05, 0) is 45.4 Å². The molecule has 0 amide bonds. The fourth-order valence-electron chi connectivity index (χ4n) is 5.69. The normalized spacial score (nSPS) is 15.9. The minimum Gasteiger partial charge on any atom is -0.496 e. The molecule has 1 nitrogen and oxygen atoms in total. The average Bonchev–Trinajstić information content (AvgIpc) is 3.07. The fourth-order valence-corrected chi connectivity index (χ4v) is 8.27. The maximum atomic E-state index is 6.72. The third-order valence-electron chi connectivity index (χ3n) is 7.24. The Labute approximate surface area is 206 Å². The van der Waals surface area contributed by atoms with Gasteiger partial charge < -0.3 is 4.74 Å². The lowest BCUT2D eigenvalue weighted by molar-refractivity contribution is 0.384. The van der Waals surface area contributed by atoms with Crippen molar-refractivity contribution >= 4 is 19.7 Å². The van der Waals surface area contributed by atoms with Gasteiger partial charge in [0.15, 0.2) is 0 Å². The van der Waals surface area contributed by atoms with E-state index in [1.807, 2.05) is 0 Å². The van der Waals surface area contributed by atoms with Gasteiger partial charge in [-0.3, -0.25) is 0 Å². The molecule has 1 aliphatic rings. The number of methoxy groups -OCH3 is 1. The molecule has 1 aliphatic carbocycles. The Hall–Kier alpha value is -2.03. The van der Waals surface area contributed by atoms with E-state index in [1.54, 1.807) is 7.11 Å². The highest BCUT2D eigenvalue weighted by atomic mass is 35.5. The van der Waals surface area contributed by atoms with Gasteiger partial charge in [0.2, 0.25) is 0 Å². The molecule has 174 valence electrons. The van der Waals surface area contributed by atoms with Crippen molar-refractivity contribution in [2.45, 2.75) is 70.6 Å². The molecule has 3 aromatic rings. The number of hydrogen-bond donors (Lipinski definition) is 0. The summed E-state index contributed by atoms with van der Waals surface area (Å²) in [6.45, 7) is 18.8. The predicted octanol–water partition coefficient (Wildman–Crippen LogP) is 8.96. The Morgan fingerprint density at radius 3 is 2.00 bits per heavy atom. The Morgan fingerprint density at radius 2 is 1.39 bits per heavy atom. The molecule has 0 spiro atoms. The van der Waals surface area contributed by atoms with Crippen LogP contribution in [0.1, 0.15) is 68.0 Å². The van der Waals surface area contributed by atoms with E-state index in [0.29, 0.717) is 5.54 Å². The van der Waals surface area contributed by atoms with Crippen LogP contribution in [0, 0.1) is 0 Å². The van der Waals surface area contributed by atoms with Crippen LogP contribution in [0.5, 0.6) is 5.75 Å². The minimum atomic E-state index is -1.57. The van der Waals surface area contributed by atoms with Gasteiger partial charge in [0.1, 0.15) is 5.75 Å². The SMILES string of the molecule is COc1c(C(C)(C)C)cc(Cl)cc1C(C)(C)c1cccc2c1C([Si](C)(C)C)c1ccccc1-2. The van der Waals surface area contributed by atoms with Crippen molar-refractivity contribution in [3.05, 3.63) is 87.4 Å². The molecule has 0 heterocycles. The first-order chi connectivity index (χ1) is 15.3. The zero-order valence-electron chi connectivity index (χ0n) is 21.6. The monoisotopic (exact) mass is 476 g/mol. The molecule has 4 rings (SSSR count). The van der Waals surface area contributed by atoms with Crippen molar-refractivity contribution in [2.24, 2.45) is 0 Å². The lowest BCUT2D eigenvalue weighted by atomic mass is 9.72. The van der Waals surface area contributed by atoms with Gasteiger partial charge in [-0.2, -0.15) is 0 Å². The van der Waals surface area contributed by atoms with Gasteiger partial charge in [-0.1, -0.05) is 108 Å². The lowest BCUT2D eigenvalue weighted by Gasteiger charge is -2.36. The van der Waals surface area contributed by atoms with E-state index in [-0.39, 0.29) is 10.8 Å². The van der Waals surface area contributed by atoms with Crippen molar-refractivity contribution in [3.63, 3.8) is 0 Å². The van der Waals surface area contributed by atoms with Gasteiger partial charge >= 0.3 is 0 Å². The molecule has 0 radical (unpaired) electrons. The number of benzene rings is 3. The maximum absolute atomic E-state index is 6.72. The van der Waals surface area contributed by atoms with Crippen molar-refractivity contribution in [1.29, 1.82) is 0 Å². The average molecular weight is 477 g/mol. The van der Waals surface area contributed by atoms with Gasteiger partial charge in [0.25, 0.3) is 0 Å². The van der Waals surface area contributed by atoms with E-state index in [0.717, 1.165) is 21.9 Å². The van der Waals surface area contributed by atoms with Crippen molar-refractivity contribution in [2.75, 3.05) is 7.11 Å². The molecule has 0 aromatic heterocycles. The maximum Gasteiger partial charge on any atom is 0.126 e. The summed E-state index contributed by atoms with van der Waals surface area (Å²) >= 11 is 6.72. The molecule has 0 saturated carbocycles. The first kappa shape index (κ1) is 24.1. The van der Waals surface area contributed by atoms with Crippen LogP contribution in [0.4, 0.5) is 0 Å². The Kier molecular flexibility index (Phi) is 5.86. The highest BCUT2D eigenvalue weighted by molar-refractivity contribution is 6.78. The summed E-state index contributed by atoms with van der Waals surface area (Å²) in [4.78, 5) is 0. The molecule has 0 bridgehead atoms. The quantitative estimate of drug-likeness (QED) is 0.341. The van der Waals surface area contributed by atoms with E-state index in [1.165, 1.54) is 27.8 Å². The molecule has 3 heteroatoms. The number of rotatable bonds is 4. The summed E-state index contributed by atoms with van der Waals surface area (Å²) in [5, 5.41) is 0.765. The summed E-state index contributed by atoms with van der Waals surface area (Å²) in [7, 11) is 0.217. The molecule has 1 atom stereocenters. The van der Waals surface area contributed by atoms with Crippen molar-refractivity contribution < 1.29 is 4.74 Å². The van der Waals surface area contributed by atoms with Crippen LogP contribution in [-0.2, 0) is 10.8 Å². The van der Waals surface area contributed by atoms with Gasteiger partial charge in [-0.15, -0.1) is 0 Å². The molecular weight excluding hydrogens is 440 g/mol. The van der Waals surface area contributed by atoms with Gasteiger partial charge in [0.05, 0.1) is 15.2 Å². The Balaban J connectivity index is 2.03. The van der Waals surface area contributed by atoms with E-state index in [4.69, 9.17) is 16.3 Å². The summed E-state index contributed by atoms with van der Waals surface area (Å²) in [6, 6.07) is 20.0. The number of ether oxygens (including phenoxy) is 1. The van der Waals surface area contributed by atoms with Crippen LogP contribution in [-0.4, -0.2) is 15.2 Å². The molecule has 0 saturated heterocycles. The topological polar surface area (TPSA) is 9.23 Å². The molecular formula is C30H37ClOSi. The van der Waals surface area contributed by atoms with Crippen LogP contribution >= 0.6 is 11.6 Å². The van der Waals surface area contributed by atoms with Crippen LogP contribution in [0.2, 0.25) is 24.7 Å².